The van der Waals surface area contributed by atoms with Gasteiger partial charge in [0.1, 0.15) is 21.3 Å². The molecule has 0 atom stereocenters. The van der Waals surface area contributed by atoms with Crippen molar-refractivity contribution >= 4 is 45.0 Å². The van der Waals surface area contributed by atoms with Crippen molar-refractivity contribution in [1.29, 1.82) is 0 Å². The lowest BCUT2D eigenvalue weighted by atomic mass is 10.2. The number of hydrogen-bond acceptors (Lipinski definition) is 7. The maximum Gasteiger partial charge on any atom is 0.349 e. The number of esters is 1. The van der Waals surface area contributed by atoms with Crippen LogP contribution in [0.5, 0.6) is 0 Å². The number of nitrogens with one attached hydrogen (secondary N) is 2. The van der Waals surface area contributed by atoms with Crippen molar-refractivity contribution in [1.82, 2.24) is 14.9 Å². The first kappa shape index (κ1) is 23.6. The van der Waals surface area contributed by atoms with Crippen molar-refractivity contribution in [2.45, 2.75) is 39.2 Å². The molecule has 2 aromatic heterocycles. The summed E-state index contributed by atoms with van der Waals surface area (Å²) in [5.41, 5.74) is 0.717. The van der Waals surface area contributed by atoms with Crippen molar-refractivity contribution in [2.24, 2.45) is 0 Å². The third kappa shape index (κ3) is 5.14. The number of anilines is 1. The van der Waals surface area contributed by atoms with Crippen LogP contribution in [0.1, 0.15) is 40.3 Å². The van der Waals surface area contributed by atoms with E-state index in [1.165, 1.54) is 24.3 Å². The summed E-state index contributed by atoms with van der Waals surface area (Å²) < 4.78 is 19.7. The van der Waals surface area contributed by atoms with E-state index in [4.69, 9.17) is 4.74 Å². The molecule has 3 aromatic rings. The van der Waals surface area contributed by atoms with Gasteiger partial charge in [-0.1, -0.05) is 6.42 Å². The average Bonchev–Trinajstić information content (AvgIpc) is 2.98. The van der Waals surface area contributed by atoms with Gasteiger partial charge in [-0.05, 0) is 49.6 Å². The quantitative estimate of drug-likeness (QED) is 0.517. The molecule has 4 rings (SSSR count). The second-order valence-corrected chi connectivity index (χ2v) is 8.94. The molecule has 1 aliphatic heterocycles. The Morgan fingerprint density at radius 1 is 1.15 bits per heavy atom. The number of hydrogen-bond donors (Lipinski definition) is 2. The Hall–Kier alpha value is -3.60. The van der Waals surface area contributed by atoms with Gasteiger partial charge in [-0.3, -0.25) is 19.0 Å². The van der Waals surface area contributed by atoms with Crippen LogP contribution in [-0.4, -0.2) is 40.5 Å². The van der Waals surface area contributed by atoms with Crippen LogP contribution >= 0.6 is 11.3 Å². The monoisotopic (exact) mass is 486 g/mol. The lowest BCUT2D eigenvalue weighted by molar-refractivity contribution is -0.126. The van der Waals surface area contributed by atoms with Gasteiger partial charge in [0.15, 0.2) is 6.61 Å². The van der Waals surface area contributed by atoms with Crippen LogP contribution in [0.2, 0.25) is 0 Å². The number of halogens is 1. The van der Waals surface area contributed by atoms with E-state index in [2.05, 4.69) is 15.6 Å². The Bertz CT molecular complexity index is 1320. The fourth-order valence-corrected chi connectivity index (χ4v) is 4.85. The summed E-state index contributed by atoms with van der Waals surface area (Å²) >= 11 is 1.08. The number of fused-ring (bicyclic) bond motifs is 2. The zero-order chi connectivity index (χ0) is 24.2. The molecule has 0 aliphatic carbocycles. The highest BCUT2D eigenvalue weighted by Crippen LogP contribution is 2.29. The summed E-state index contributed by atoms with van der Waals surface area (Å²) in [6.07, 6.45) is 3.64. The smallest absolute Gasteiger partial charge is 0.349 e. The molecule has 11 heteroatoms. The van der Waals surface area contributed by atoms with Gasteiger partial charge in [-0.2, -0.15) is 0 Å². The molecule has 1 aliphatic rings. The first-order valence-corrected chi connectivity index (χ1v) is 11.7. The summed E-state index contributed by atoms with van der Waals surface area (Å²) in [5.74, 6) is -1.61. The van der Waals surface area contributed by atoms with E-state index in [9.17, 15) is 23.6 Å². The van der Waals surface area contributed by atoms with Gasteiger partial charge in [0, 0.05) is 18.7 Å². The van der Waals surface area contributed by atoms with E-state index in [1.54, 1.807) is 11.5 Å². The van der Waals surface area contributed by atoms with Crippen molar-refractivity contribution in [3.05, 3.63) is 56.7 Å². The van der Waals surface area contributed by atoms with Crippen molar-refractivity contribution < 1.29 is 23.5 Å². The lowest BCUT2D eigenvalue weighted by Crippen LogP contribution is -2.35. The predicted octanol–water partition coefficient (Wildman–Crippen LogP) is 2.54. The van der Waals surface area contributed by atoms with Crippen LogP contribution in [0.15, 0.2) is 29.1 Å². The Kier molecular flexibility index (Phi) is 7.01. The highest BCUT2D eigenvalue weighted by atomic mass is 32.1. The minimum absolute atomic E-state index is 0.153. The molecule has 9 nitrogen and oxygen atoms in total. The molecular weight excluding hydrogens is 463 g/mol. The number of aromatic nitrogens is 2. The summed E-state index contributed by atoms with van der Waals surface area (Å²) in [7, 11) is 0. The number of benzene rings is 1. The Morgan fingerprint density at radius 3 is 2.68 bits per heavy atom. The molecule has 0 saturated carbocycles. The molecule has 3 heterocycles. The van der Waals surface area contributed by atoms with E-state index in [0.29, 0.717) is 28.0 Å². The molecule has 1 aromatic carbocycles. The van der Waals surface area contributed by atoms with Gasteiger partial charge >= 0.3 is 5.97 Å². The zero-order valence-corrected chi connectivity index (χ0v) is 19.3. The lowest BCUT2D eigenvalue weighted by Gasteiger charge is -2.08. The normalized spacial score (nSPS) is 13.1. The van der Waals surface area contributed by atoms with Gasteiger partial charge in [0.2, 0.25) is 5.91 Å². The molecule has 34 heavy (non-hydrogen) atoms. The Labute approximate surface area is 197 Å². The van der Waals surface area contributed by atoms with Crippen molar-refractivity contribution in [2.75, 3.05) is 18.5 Å². The summed E-state index contributed by atoms with van der Waals surface area (Å²) in [6, 6.07) is 5.18. The molecular formula is C23H23FN4O5S. The molecule has 178 valence electrons. The number of aryl methyl sites for hydroxylation is 2. The molecule has 0 saturated heterocycles. The second-order valence-electron chi connectivity index (χ2n) is 7.94. The van der Waals surface area contributed by atoms with Crippen LogP contribution < -0.4 is 16.2 Å². The van der Waals surface area contributed by atoms with Gasteiger partial charge in [-0.25, -0.2) is 14.2 Å². The highest BCUT2D eigenvalue weighted by Gasteiger charge is 2.23. The molecule has 0 bridgehead atoms. The fourth-order valence-electron chi connectivity index (χ4n) is 3.77. The molecule has 0 unspecified atom stereocenters. The number of amides is 2. The summed E-state index contributed by atoms with van der Waals surface area (Å²) in [4.78, 5) is 54.8. The van der Waals surface area contributed by atoms with Gasteiger partial charge in [-0.15, -0.1) is 11.3 Å². The van der Waals surface area contributed by atoms with Crippen molar-refractivity contribution in [3.63, 3.8) is 0 Å². The minimum atomic E-state index is -0.731. The topological polar surface area (TPSA) is 119 Å². The SMILES string of the molecule is Cc1c(C(=O)OCC(=O)NCC(=O)Nc2ccc(F)cc2)sc2nc3n(c(=O)c12)CCCCC3. The second kappa shape index (κ2) is 10.1. The largest absolute Gasteiger partial charge is 0.451 e. The number of rotatable bonds is 6. The summed E-state index contributed by atoms with van der Waals surface area (Å²) in [6.45, 7) is 1.35. The molecule has 0 spiro atoms. The average molecular weight is 487 g/mol. The van der Waals surface area contributed by atoms with E-state index < -0.39 is 30.2 Å². The maximum atomic E-state index is 13.0. The third-order valence-electron chi connectivity index (χ3n) is 5.51. The first-order chi connectivity index (χ1) is 16.3. The Balaban J connectivity index is 1.35. The maximum absolute atomic E-state index is 13.0. The molecule has 0 fully saturated rings. The van der Waals surface area contributed by atoms with Crippen LogP contribution in [-0.2, 0) is 27.3 Å². The van der Waals surface area contributed by atoms with E-state index in [1.807, 2.05) is 0 Å². The first-order valence-electron chi connectivity index (χ1n) is 10.9. The number of thiophene rings is 1. The van der Waals surface area contributed by atoms with E-state index in [-0.39, 0.29) is 17.0 Å². The number of nitrogens with zero attached hydrogens (tertiary/aromatic N) is 2. The Morgan fingerprint density at radius 2 is 1.91 bits per heavy atom. The molecule has 2 amide bonds. The minimum Gasteiger partial charge on any atom is -0.451 e. The van der Waals surface area contributed by atoms with Gasteiger partial charge < -0.3 is 15.4 Å². The molecule has 0 radical (unpaired) electrons. The van der Waals surface area contributed by atoms with Crippen LogP contribution in [0.25, 0.3) is 10.2 Å². The zero-order valence-electron chi connectivity index (χ0n) is 18.5. The van der Waals surface area contributed by atoms with Crippen LogP contribution in [0.4, 0.5) is 10.1 Å². The van der Waals surface area contributed by atoms with Gasteiger partial charge in [0.05, 0.1) is 11.9 Å². The highest BCUT2D eigenvalue weighted by molar-refractivity contribution is 7.20. The predicted molar refractivity (Wildman–Crippen MR) is 124 cm³/mol. The van der Waals surface area contributed by atoms with E-state index >= 15 is 0 Å². The fraction of sp³-hybridized carbons (Fsp3) is 0.348. The summed E-state index contributed by atoms with van der Waals surface area (Å²) in [5, 5.41) is 5.26. The third-order valence-corrected chi connectivity index (χ3v) is 6.67. The van der Waals surface area contributed by atoms with Crippen LogP contribution in [0.3, 0.4) is 0 Å². The van der Waals surface area contributed by atoms with Crippen molar-refractivity contribution in [3.8, 4) is 0 Å². The number of ether oxygens (including phenoxy) is 1. The molecule has 2 N–H and O–H groups in total. The van der Waals surface area contributed by atoms with Crippen LogP contribution in [0, 0.1) is 12.7 Å². The van der Waals surface area contributed by atoms with Gasteiger partial charge in [0.25, 0.3) is 11.5 Å². The number of carbonyl (C=O) groups excluding carboxylic acids is 3. The number of carbonyl (C=O) groups is 3. The van der Waals surface area contributed by atoms with E-state index in [0.717, 1.165) is 42.8 Å². The standard InChI is InChI=1S/C23H23FN4O5S/c1-13-19-21(27-16-5-3-2-4-10-28(16)22(19)31)34-20(13)23(32)33-12-18(30)25-11-17(29)26-15-8-6-14(24)7-9-15/h6-9H,2-5,10-12H2,1H3,(H,25,30)(H,26,29).